The van der Waals surface area contributed by atoms with Crippen LogP contribution in [0.2, 0.25) is 0 Å². The van der Waals surface area contributed by atoms with Gasteiger partial charge in [-0.05, 0) is 50.5 Å². The third kappa shape index (κ3) is 7.15. The van der Waals surface area contributed by atoms with Gasteiger partial charge in [-0.15, -0.1) is 48.0 Å². The molecule has 0 aliphatic rings. The first-order valence-electron chi connectivity index (χ1n) is 15.9. The largest absolute Gasteiger partial charge is 0.500 e. The molecule has 0 saturated carbocycles. The third-order valence-electron chi connectivity index (χ3n) is 8.36. The van der Waals surface area contributed by atoms with Crippen LogP contribution in [-0.4, -0.2) is 9.97 Å². The van der Waals surface area contributed by atoms with Gasteiger partial charge in [-0.3, -0.25) is 4.39 Å². The molecule has 0 aliphatic carbocycles. The summed E-state index contributed by atoms with van der Waals surface area (Å²) in [5.74, 6) is -0.352. The molecule has 243 valence electrons. The Morgan fingerprint density at radius 3 is 2.04 bits per heavy atom. The second-order valence-corrected chi connectivity index (χ2v) is 12.6. The van der Waals surface area contributed by atoms with Crippen LogP contribution in [0.5, 0.6) is 0 Å². The standard InChI is InChI=1S/C29H17FNO.C15H16N.Ir/c30-25-17-16-23(26-11-4-5-18-31-26)29-27(25)24-10-6-9-22(28(24)32-29)21-14-12-20(13-15-21)19-7-2-1-3-8-19;1-15(2,3)13-9-10-14(16-11-13)12-7-5-4-6-8-12;/h1-15,17-18H;4-7,9-11H,1-3H3;/q2*-1;. The molecule has 1 radical (unpaired) electrons. The first-order chi connectivity index (χ1) is 23.4. The van der Waals surface area contributed by atoms with Crippen LogP contribution in [0.3, 0.4) is 0 Å². The van der Waals surface area contributed by atoms with E-state index in [1.54, 1.807) is 6.20 Å². The molecule has 3 heterocycles. The number of rotatable bonds is 4. The number of hydrogen-bond acceptors (Lipinski definition) is 3. The summed E-state index contributed by atoms with van der Waals surface area (Å²) in [4.78, 5) is 8.89. The fraction of sp³-hybridized carbons (Fsp3) is 0.0909. The first kappa shape index (κ1) is 33.7. The molecule has 0 saturated heterocycles. The van der Waals surface area contributed by atoms with Crippen LogP contribution >= 0.6 is 0 Å². The fourth-order valence-electron chi connectivity index (χ4n) is 5.76. The molecule has 0 atom stereocenters. The maximum atomic E-state index is 14.9. The minimum absolute atomic E-state index is 0. The Hall–Kier alpha value is -5.22. The predicted octanol–water partition coefficient (Wildman–Crippen LogP) is 11.8. The van der Waals surface area contributed by atoms with Gasteiger partial charge in [0.05, 0.1) is 5.58 Å². The predicted molar refractivity (Wildman–Crippen MR) is 194 cm³/mol. The SMILES string of the molecule is CC(C)(C)c1ccc(-c2[c-]cccc2)nc1.Fc1c[c-]c(-c2ccccn2)c2oc3c(-c4ccc(-c5ccccc5)cc4)cccc3c12.[Ir]. The van der Waals surface area contributed by atoms with Gasteiger partial charge in [0.2, 0.25) is 0 Å². The normalized spacial score (nSPS) is 11.1. The Balaban J connectivity index is 0.000000208. The Morgan fingerprint density at radius 1 is 0.633 bits per heavy atom. The van der Waals surface area contributed by atoms with Gasteiger partial charge in [-0.25, -0.2) is 0 Å². The molecule has 0 N–H and O–H groups in total. The van der Waals surface area contributed by atoms with Crippen molar-refractivity contribution in [3.8, 4) is 44.8 Å². The van der Waals surface area contributed by atoms with Crippen LogP contribution in [-0.2, 0) is 25.5 Å². The summed E-state index contributed by atoms with van der Waals surface area (Å²) >= 11 is 0. The molecule has 0 spiro atoms. The van der Waals surface area contributed by atoms with Crippen LogP contribution in [0, 0.1) is 17.9 Å². The molecule has 8 rings (SSSR count). The second-order valence-electron chi connectivity index (χ2n) is 12.6. The van der Waals surface area contributed by atoms with Gasteiger partial charge < -0.3 is 14.4 Å². The van der Waals surface area contributed by atoms with Crippen molar-refractivity contribution in [2.45, 2.75) is 26.2 Å². The van der Waals surface area contributed by atoms with Crippen LogP contribution in [0.4, 0.5) is 4.39 Å². The van der Waals surface area contributed by atoms with E-state index in [0.29, 0.717) is 27.8 Å². The zero-order valence-electron chi connectivity index (χ0n) is 27.4. The van der Waals surface area contributed by atoms with Crippen molar-refractivity contribution < 1.29 is 28.9 Å². The van der Waals surface area contributed by atoms with Gasteiger partial charge >= 0.3 is 0 Å². The summed E-state index contributed by atoms with van der Waals surface area (Å²) in [5, 5.41) is 1.20. The van der Waals surface area contributed by atoms with Crippen LogP contribution in [0.25, 0.3) is 66.7 Å². The van der Waals surface area contributed by atoms with Crippen LogP contribution in [0.15, 0.2) is 150 Å². The van der Waals surface area contributed by atoms with Crippen LogP contribution < -0.4 is 0 Å². The summed E-state index contributed by atoms with van der Waals surface area (Å²) in [6.07, 6.45) is 3.66. The van der Waals surface area contributed by atoms with Crippen molar-refractivity contribution in [1.82, 2.24) is 9.97 Å². The topological polar surface area (TPSA) is 38.9 Å². The molecule has 3 nitrogen and oxygen atoms in total. The number of pyridine rings is 2. The number of benzene rings is 5. The monoisotopic (exact) mass is 817 g/mol. The van der Waals surface area contributed by atoms with Gasteiger partial charge in [0.1, 0.15) is 5.58 Å². The maximum absolute atomic E-state index is 14.9. The number of fused-ring (bicyclic) bond motifs is 3. The van der Waals surface area contributed by atoms with Gasteiger partial charge in [0, 0.05) is 49.3 Å². The van der Waals surface area contributed by atoms with Gasteiger partial charge in [-0.2, -0.15) is 0 Å². The Kier molecular flexibility index (Phi) is 9.96. The fourth-order valence-corrected chi connectivity index (χ4v) is 5.76. The Labute approximate surface area is 299 Å². The molecule has 0 aliphatic heterocycles. The van der Waals surface area contributed by atoms with E-state index in [0.717, 1.165) is 33.3 Å². The van der Waals surface area contributed by atoms with E-state index in [4.69, 9.17) is 4.42 Å². The zero-order chi connectivity index (χ0) is 33.1. The minimum Gasteiger partial charge on any atom is -0.500 e. The smallest absolute Gasteiger partial charge is 0.128 e. The summed E-state index contributed by atoms with van der Waals surface area (Å²) in [5.41, 5.74) is 10.2. The second kappa shape index (κ2) is 14.5. The summed E-state index contributed by atoms with van der Waals surface area (Å²) in [6.45, 7) is 6.58. The van der Waals surface area contributed by atoms with Crippen molar-refractivity contribution in [3.05, 3.63) is 169 Å². The zero-order valence-corrected chi connectivity index (χ0v) is 29.8. The quantitative estimate of drug-likeness (QED) is 0.166. The van der Waals surface area contributed by atoms with E-state index < -0.39 is 0 Å². The van der Waals surface area contributed by atoms with E-state index in [2.05, 4.69) is 91.4 Å². The Morgan fingerprint density at radius 2 is 1.37 bits per heavy atom. The maximum Gasteiger partial charge on any atom is 0.128 e. The molecule has 0 fully saturated rings. The average molecular weight is 817 g/mol. The van der Waals surface area contributed by atoms with Crippen molar-refractivity contribution in [1.29, 1.82) is 0 Å². The number of hydrogen-bond donors (Lipinski definition) is 0. The van der Waals surface area contributed by atoms with E-state index in [1.165, 1.54) is 17.2 Å². The number of furan rings is 1. The molecule has 5 aromatic carbocycles. The number of aromatic nitrogens is 2. The van der Waals surface area contributed by atoms with Gasteiger partial charge in [-0.1, -0.05) is 123 Å². The number of para-hydroxylation sites is 1. The molecule has 0 amide bonds. The molecule has 0 unspecified atom stereocenters. The first-order valence-corrected chi connectivity index (χ1v) is 15.9. The molecule has 0 bridgehead atoms. The molecular weight excluding hydrogens is 784 g/mol. The van der Waals surface area contributed by atoms with Crippen LogP contribution in [0.1, 0.15) is 26.3 Å². The van der Waals surface area contributed by atoms with Crippen molar-refractivity contribution in [2.24, 2.45) is 0 Å². The Bertz CT molecular complexity index is 2300. The van der Waals surface area contributed by atoms with Gasteiger partial charge in [0.25, 0.3) is 0 Å². The summed E-state index contributed by atoms with van der Waals surface area (Å²) < 4.78 is 21.2. The molecular formula is C44H33FIrN2O-2. The van der Waals surface area contributed by atoms with E-state index in [1.807, 2.05) is 85.1 Å². The molecule has 3 aromatic heterocycles. The average Bonchev–Trinajstić information content (AvgIpc) is 3.54. The van der Waals surface area contributed by atoms with Crippen molar-refractivity contribution in [3.63, 3.8) is 0 Å². The molecule has 5 heteroatoms. The van der Waals surface area contributed by atoms with E-state index >= 15 is 0 Å². The minimum atomic E-state index is -0.352. The summed E-state index contributed by atoms with van der Waals surface area (Å²) in [6, 6.07) is 49.7. The van der Waals surface area contributed by atoms with E-state index in [9.17, 15) is 4.39 Å². The molecule has 8 aromatic rings. The van der Waals surface area contributed by atoms with Crippen molar-refractivity contribution >= 4 is 21.9 Å². The van der Waals surface area contributed by atoms with E-state index in [-0.39, 0.29) is 31.3 Å². The number of nitrogens with zero attached hydrogens (tertiary/aromatic N) is 2. The van der Waals surface area contributed by atoms with Crippen molar-refractivity contribution in [2.75, 3.05) is 0 Å². The van der Waals surface area contributed by atoms with Gasteiger partial charge in [0.15, 0.2) is 0 Å². The number of halogens is 1. The third-order valence-corrected chi connectivity index (χ3v) is 8.36. The summed E-state index contributed by atoms with van der Waals surface area (Å²) in [7, 11) is 0. The molecule has 49 heavy (non-hydrogen) atoms.